The third-order valence-corrected chi connectivity index (χ3v) is 2.74. The maximum absolute atomic E-state index is 11.8. The zero-order valence-corrected chi connectivity index (χ0v) is 10.2. The predicted octanol–water partition coefficient (Wildman–Crippen LogP) is 0.665. The largest absolute Gasteiger partial charge is 0.493 e. The summed E-state index contributed by atoms with van der Waals surface area (Å²) >= 11 is 0. The SMILES string of the molecule is CC1=NN(C)C(=O)C1=Cc1c(C)nn(C)c1O. The Morgan fingerprint density at radius 3 is 2.35 bits per heavy atom. The first-order chi connectivity index (χ1) is 7.91. The summed E-state index contributed by atoms with van der Waals surface area (Å²) in [5, 5.41) is 19.2. The summed E-state index contributed by atoms with van der Waals surface area (Å²) in [6, 6.07) is 0. The predicted molar refractivity (Wildman–Crippen MR) is 63.5 cm³/mol. The van der Waals surface area contributed by atoms with E-state index >= 15 is 0 Å². The Morgan fingerprint density at radius 1 is 1.29 bits per heavy atom. The van der Waals surface area contributed by atoms with E-state index in [0.717, 1.165) is 0 Å². The van der Waals surface area contributed by atoms with Gasteiger partial charge in [0.1, 0.15) is 0 Å². The van der Waals surface area contributed by atoms with E-state index in [9.17, 15) is 9.90 Å². The first-order valence-corrected chi connectivity index (χ1v) is 5.19. The molecule has 1 aromatic heterocycles. The van der Waals surface area contributed by atoms with Crippen molar-refractivity contribution in [3.05, 3.63) is 16.8 Å². The van der Waals surface area contributed by atoms with Crippen molar-refractivity contribution < 1.29 is 9.90 Å². The first kappa shape index (κ1) is 11.4. The summed E-state index contributed by atoms with van der Waals surface area (Å²) in [5.74, 6) is -0.129. The zero-order chi connectivity index (χ0) is 12.7. The molecule has 6 heteroatoms. The van der Waals surface area contributed by atoms with E-state index in [0.29, 0.717) is 22.5 Å². The van der Waals surface area contributed by atoms with E-state index in [4.69, 9.17) is 0 Å². The van der Waals surface area contributed by atoms with E-state index in [1.807, 2.05) is 0 Å². The molecule has 0 atom stereocenters. The van der Waals surface area contributed by atoms with Crippen molar-refractivity contribution >= 4 is 17.7 Å². The molecule has 0 aliphatic carbocycles. The summed E-state index contributed by atoms with van der Waals surface area (Å²) in [4.78, 5) is 11.8. The fraction of sp³-hybridized carbons (Fsp3) is 0.364. The standard InChI is InChI=1S/C11H14N4O2/c1-6-8(10(16)14(3)12-6)5-9-7(2)13-15(4)11(9)17/h5,16H,1-4H3. The average molecular weight is 234 g/mol. The van der Waals surface area contributed by atoms with E-state index in [1.165, 1.54) is 9.69 Å². The number of carbonyl (C=O) groups excluding carboxylic acids is 1. The van der Waals surface area contributed by atoms with Gasteiger partial charge < -0.3 is 5.11 Å². The summed E-state index contributed by atoms with van der Waals surface area (Å²) in [6.45, 7) is 3.54. The molecular formula is C11H14N4O2. The molecule has 0 radical (unpaired) electrons. The Hall–Kier alpha value is -2.11. The van der Waals surface area contributed by atoms with Crippen LogP contribution in [0.3, 0.4) is 0 Å². The number of likely N-dealkylation sites (N-methyl/N-ethyl adjacent to an activating group) is 1. The summed E-state index contributed by atoms with van der Waals surface area (Å²) < 4.78 is 1.37. The number of nitrogens with zero attached hydrogens (tertiary/aromatic N) is 4. The highest BCUT2D eigenvalue weighted by Gasteiger charge is 2.25. The van der Waals surface area contributed by atoms with Crippen molar-refractivity contribution in [1.82, 2.24) is 14.8 Å². The third kappa shape index (κ3) is 1.71. The summed E-state index contributed by atoms with van der Waals surface area (Å²) in [6.07, 6.45) is 1.63. The average Bonchev–Trinajstić information content (AvgIpc) is 2.62. The number of hydrogen-bond acceptors (Lipinski definition) is 4. The molecule has 2 rings (SSSR count). The van der Waals surface area contributed by atoms with Crippen molar-refractivity contribution in [1.29, 1.82) is 0 Å². The zero-order valence-electron chi connectivity index (χ0n) is 10.2. The Kier molecular flexibility index (Phi) is 2.49. The molecule has 0 saturated heterocycles. The van der Waals surface area contributed by atoms with Gasteiger partial charge in [0, 0.05) is 14.1 Å². The normalized spacial score (nSPS) is 18.1. The van der Waals surface area contributed by atoms with Crippen LogP contribution in [0.1, 0.15) is 18.2 Å². The highest BCUT2D eigenvalue weighted by atomic mass is 16.3. The molecule has 0 aromatic carbocycles. The molecule has 1 aliphatic heterocycles. The number of carbonyl (C=O) groups is 1. The van der Waals surface area contributed by atoms with Crippen LogP contribution >= 0.6 is 0 Å². The van der Waals surface area contributed by atoms with Gasteiger partial charge in [-0.3, -0.25) is 4.79 Å². The second-order valence-corrected chi connectivity index (χ2v) is 4.02. The molecule has 0 fully saturated rings. The molecule has 0 bridgehead atoms. The van der Waals surface area contributed by atoms with Gasteiger partial charge in [-0.2, -0.15) is 10.2 Å². The first-order valence-electron chi connectivity index (χ1n) is 5.19. The van der Waals surface area contributed by atoms with Crippen LogP contribution in [0.4, 0.5) is 0 Å². The van der Waals surface area contributed by atoms with Crippen LogP contribution in [0, 0.1) is 6.92 Å². The minimum absolute atomic E-state index is 0.0464. The highest BCUT2D eigenvalue weighted by molar-refractivity contribution is 6.26. The summed E-state index contributed by atoms with van der Waals surface area (Å²) in [7, 11) is 3.25. The molecule has 1 aromatic rings. The molecule has 0 unspecified atom stereocenters. The number of hydrazone groups is 1. The van der Waals surface area contributed by atoms with Gasteiger partial charge in [-0.05, 0) is 19.9 Å². The number of rotatable bonds is 1. The van der Waals surface area contributed by atoms with Crippen LogP contribution < -0.4 is 0 Å². The molecule has 1 amide bonds. The lowest BCUT2D eigenvalue weighted by molar-refractivity contribution is -0.124. The van der Waals surface area contributed by atoms with Gasteiger partial charge >= 0.3 is 0 Å². The molecule has 17 heavy (non-hydrogen) atoms. The third-order valence-electron chi connectivity index (χ3n) is 2.74. The van der Waals surface area contributed by atoms with E-state index in [2.05, 4.69) is 10.2 Å². The van der Waals surface area contributed by atoms with Crippen molar-refractivity contribution in [3.8, 4) is 5.88 Å². The highest BCUT2D eigenvalue weighted by Crippen LogP contribution is 2.25. The molecule has 1 aliphatic rings. The van der Waals surface area contributed by atoms with Gasteiger partial charge in [0.25, 0.3) is 5.91 Å². The van der Waals surface area contributed by atoms with Gasteiger partial charge in [0.15, 0.2) is 0 Å². The molecule has 2 heterocycles. The molecule has 0 spiro atoms. The van der Waals surface area contributed by atoms with E-state index < -0.39 is 0 Å². The lowest BCUT2D eigenvalue weighted by atomic mass is 10.1. The van der Waals surface area contributed by atoms with Gasteiger partial charge in [0.05, 0.1) is 22.5 Å². The van der Waals surface area contributed by atoms with Gasteiger partial charge in [0.2, 0.25) is 5.88 Å². The molecule has 1 N–H and O–H groups in total. The quantitative estimate of drug-likeness (QED) is 0.726. The number of aromatic hydroxyl groups is 1. The van der Waals surface area contributed by atoms with Crippen LogP contribution in [0.15, 0.2) is 10.7 Å². The maximum atomic E-state index is 11.8. The van der Waals surface area contributed by atoms with Crippen molar-refractivity contribution in [2.45, 2.75) is 13.8 Å². The monoisotopic (exact) mass is 234 g/mol. The van der Waals surface area contributed by atoms with Gasteiger partial charge in [-0.1, -0.05) is 0 Å². The Morgan fingerprint density at radius 2 is 1.94 bits per heavy atom. The van der Waals surface area contributed by atoms with E-state index in [-0.39, 0.29) is 11.8 Å². The smallest absolute Gasteiger partial charge is 0.275 e. The van der Waals surface area contributed by atoms with Gasteiger partial charge in [-0.25, -0.2) is 9.69 Å². The Labute approximate surface area is 98.8 Å². The molecule has 6 nitrogen and oxygen atoms in total. The number of aryl methyl sites for hydroxylation is 2. The molecule has 90 valence electrons. The number of hydrogen-bond donors (Lipinski definition) is 1. The van der Waals surface area contributed by atoms with Crippen LogP contribution in [0.25, 0.3) is 6.08 Å². The lowest BCUT2D eigenvalue weighted by Gasteiger charge is -2.01. The Balaban J connectivity index is 2.51. The molecule has 0 saturated carbocycles. The van der Waals surface area contributed by atoms with Crippen LogP contribution in [0.5, 0.6) is 5.88 Å². The van der Waals surface area contributed by atoms with E-state index in [1.54, 1.807) is 34.0 Å². The van der Waals surface area contributed by atoms with Crippen molar-refractivity contribution in [2.75, 3.05) is 7.05 Å². The van der Waals surface area contributed by atoms with Crippen molar-refractivity contribution in [3.63, 3.8) is 0 Å². The second kappa shape index (κ2) is 3.73. The summed E-state index contributed by atoms with van der Waals surface area (Å²) in [5.41, 5.74) is 2.35. The number of aromatic nitrogens is 2. The lowest BCUT2D eigenvalue weighted by Crippen LogP contribution is -2.16. The molecular weight excluding hydrogens is 220 g/mol. The maximum Gasteiger partial charge on any atom is 0.275 e. The van der Waals surface area contributed by atoms with Crippen LogP contribution in [-0.4, -0.2) is 38.6 Å². The Bertz CT molecular complexity index is 554. The topological polar surface area (TPSA) is 70.7 Å². The van der Waals surface area contributed by atoms with Gasteiger partial charge in [-0.15, -0.1) is 0 Å². The fourth-order valence-electron chi connectivity index (χ4n) is 1.80. The second-order valence-electron chi connectivity index (χ2n) is 4.02. The fourth-order valence-corrected chi connectivity index (χ4v) is 1.80. The number of amides is 1. The van der Waals surface area contributed by atoms with Crippen LogP contribution in [-0.2, 0) is 11.8 Å². The minimum atomic E-state index is -0.176. The van der Waals surface area contributed by atoms with Crippen molar-refractivity contribution in [2.24, 2.45) is 12.1 Å². The van der Waals surface area contributed by atoms with Crippen LogP contribution in [0.2, 0.25) is 0 Å². The minimum Gasteiger partial charge on any atom is -0.493 e.